The molecule has 2 N–H and O–H groups in total. The Bertz CT molecular complexity index is 1260. The molecule has 2 fully saturated rings. The number of aromatic nitrogens is 1. The van der Waals surface area contributed by atoms with Crippen molar-refractivity contribution in [3.05, 3.63) is 77.6 Å². The van der Waals surface area contributed by atoms with Gasteiger partial charge in [0, 0.05) is 42.7 Å². The molecule has 2 aliphatic heterocycles. The number of hydrogen-bond donors (Lipinski definition) is 2. The lowest BCUT2D eigenvalue weighted by Gasteiger charge is -2.28. The van der Waals surface area contributed by atoms with Crippen molar-refractivity contribution in [1.29, 1.82) is 0 Å². The zero-order valence-electron chi connectivity index (χ0n) is 20.5. The van der Waals surface area contributed by atoms with Gasteiger partial charge in [0.1, 0.15) is 17.4 Å². The van der Waals surface area contributed by atoms with E-state index in [4.69, 9.17) is 4.74 Å². The maximum atomic E-state index is 14.2. The first-order chi connectivity index (χ1) is 17.4. The molecular weight excluding hydrogens is 462 g/mol. The van der Waals surface area contributed by atoms with E-state index in [-0.39, 0.29) is 17.5 Å². The molecule has 0 bridgehead atoms. The van der Waals surface area contributed by atoms with Crippen LogP contribution in [-0.4, -0.2) is 43.2 Å². The normalized spacial score (nSPS) is 20.1. The number of methoxy groups -OCH3 is 1. The van der Waals surface area contributed by atoms with Gasteiger partial charge in [-0.05, 0) is 68.1 Å². The number of nitrogens with zero attached hydrogens (tertiary/aromatic N) is 2. The van der Waals surface area contributed by atoms with Crippen molar-refractivity contribution in [3.8, 4) is 16.9 Å². The van der Waals surface area contributed by atoms with Gasteiger partial charge in [-0.1, -0.05) is 12.1 Å². The maximum Gasteiger partial charge on any atom is 0.255 e. The van der Waals surface area contributed by atoms with Gasteiger partial charge in [0.05, 0.1) is 24.4 Å². The Morgan fingerprint density at radius 3 is 2.69 bits per heavy atom. The fraction of sp³-hybridized carbons (Fsp3) is 0.357. The van der Waals surface area contributed by atoms with E-state index in [2.05, 4.69) is 20.5 Å². The number of anilines is 1. The van der Waals surface area contributed by atoms with Crippen LogP contribution in [0.1, 0.15) is 48.1 Å². The largest absolute Gasteiger partial charge is 0.497 e. The molecule has 3 heterocycles. The number of carbonyl (C=O) groups is 1. The van der Waals surface area contributed by atoms with Gasteiger partial charge in [-0.15, -0.1) is 0 Å². The van der Waals surface area contributed by atoms with E-state index >= 15 is 0 Å². The Kier molecular flexibility index (Phi) is 6.62. The molecule has 6 nitrogen and oxygen atoms in total. The highest BCUT2D eigenvalue weighted by Gasteiger charge is 2.41. The van der Waals surface area contributed by atoms with Crippen LogP contribution in [0.15, 0.2) is 54.9 Å². The summed E-state index contributed by atoms with van der Waals surface area (Å²) >= 11 is 0. The molecular formula is C28H30F2N4O2. The van der Waals surface area contributed by atoms with E-state index in [0.29, 0.717) is 34.7 Å². The van der Waals surface area contributed by atoms with Crippen LogP contribution in [0.2, 0.25) is 0 Å². The molecule has 0 aliphatic carbocycles. The van der Waals surface area contributed by atoms with Crippen LogP contribution in [-0.2, 0) is 0 Å². The number of carbonyl (C=O) groups excluding carboxylic acids is 1. The third-order valence-electron chi connectivity index (χ3n) is 7.28. The topological polar surface area (TPSA) is 66.5 Å². The van der Waals surface area contributed by atoms with E-state index < -0.39 is 11.6 Å². The standard InChI is InChI=1S/C28H30F2N4O2/c1-18(19-5-3-6-23(13-19)36-2)33-27(35)25-16-31-15-24(20-11-21(29)14-22(30)12-20)26(25)34-10-8-28(17-34)7-4-9-32-28/h3,5-6,11-16,18,32H,4,7-10,17H2,1-2H3,(H,33,35)/t18-,28?/m1/s1. The first-order valence-corrected chi connectivity index (χ1v) is 12.3. The van der Waals surface area contributed by atoms with Crippen LogP contribution in [0.3, 0.4) is 0 Å². The lowest BCUT2D eigenvalue weighted by Crippen LogP contribution is -2.42. The van der Waals surface area contributed by atoms with E-state index in [1.165, 1.54) is 18.3 Å². The molecule has 2 atom stereocenters. The van der Waals surface area contributed by atoms with Crippen LogP contribution in [0.25, 0.3) is 11.1 Å². The van der Waals surface area contributed by atoms with Crippen molar-refractivity contribution in [2.75, 3.05) is 31.6 Å². The number of nitrogens with one attached hydrogen (secondary N) is 2. The fourth-order valence-corrected chi connectivity index (χ4v) is 5.43. The van der Waals surface area contributed by atoms with Gasteiger partial charge < -0.3 is 20.3 Å². The minimum atomic E-state index is -0.673. The number of rotatable bonds is 6. The number of amides is 1. The van der Waals surface area contributed by atoms with Crippen molar-refractivity contribution in [3.63, 3.8) is 0 Å². The highest BCUT2D eigenvalue weighted by atomic mass is 19.1. The number of ether oxygens (including phenoxy) is 1. The SMILES string of the molecule is COc1cccc([C@@H](C)NC(=O)c2cncc(-c3cc(F)cc(F)c3)c2N2CCC3(CCCN3)C2)c1. The van der Waals surface area contributed by atoms with Gasteiger partial charge >= 0.3 is 0 Å². The van der Waals surface area contributed by atoms with Crippen LogP contribution >= 0.6 is 0 Å². The average molecular weight is 493 g/mol. The summed E-state index contributed by atoms with van der Waals surface area (Å²) in [4.78, 5) is 20.1. The smallest absolute Gasteiger partial charge is 0.255 e. The Morgan fingerprint density at radius 1 is 1.17 bits per heavy atom. The lowest BCUT2D eigenvalue weighted by atomic mass is 9.96. The summed E-state index contributed by atoms with van der Waals surface area (Å²) < 4.78 is 33.7. The maximum absolute atomic E-state index is 14.2. The quantitative estimate of drug-likeness (QED) is 0.515. The number of halogens is 2. The summed E-state index contributed by atoms with van der Waals surface area (Å²) in [6.07, 6.45) is 6.23. The molecule has 188 valence electrons. The fourth-order valence-electron chi connectivity index (χ4n) is 5.43. The zero-order chi connectivity index (χ0) is 25.3. The predicted octanol–water partition coefficient (Wildman–Crippen LogP) is 4.86. The van der Waals surface area contributed by atoms with Crippen LogP contribution in [0, 0.1) is 11.6 Å². The predicted molar refractivity (Wildman–Crippen MR) is 135 cm³/mol. The van der Waals surface area contributed by atoms with Gasteiger partial charge in [0.25, 0.3) is 5.91 Å². The third-order valence-corrected chi connectivity index (χ3v) is 7.28. The molecule has 2 aromatic carbocycles. The molecule has 0 radical (unpaired) electrons. The van der Waals surface area contributed by atoms with E-state index in [0.717, 1.165) is 44.0 Å². The lowest BCUT2D eigenvalue weighted by molar-refractivity contribution is 0.0940. The number of pyridine rings is 1. The minimum Gasteiger partial charge on any atom is -0.497 e. The average Bonchev–Trinajstić information content (AvgIpc) is 3.52. The third kappa shape index (κ3) is 4.78. The van der Waals surface area contributed by atoms with Crippen molar-refractivity contribution in [2.45, 2.75) is 37.8 Å². The molecule has 8 heteroatoms. The first kappa shape index (κ1) is 24.2. The second-order valence-electron chi connectivity index (χ2n) is 9.70. The molecule has 1 spiro atoms. The molecule has 2 aliphatic rings. The summed E-state index contributed by atoms with van der Waals surface area (Å²) in [5.74, 6) is -0.940. The van der Waals surface area contributed by atoms with Gasteiger partial charge in [-0.2, -0.15) is 0 Å². The van der Waals surface area contributed by atoms with E-state index in [1.54, 1.807) is 13.3 Å². The molecule has 3 aromatic rings. The molecule has 5 rings (SSSR count). The summed E-state index contributed by atoms with van der Waals surface area (Å²) in [5.41, 5.74) is 2.81. The molecule has 1 aromatic heterocycles. The highest BCUT2D eigenvalue weighted by Crippen LogP contribution is 2.40. The summed E-state index contributed by atoms with van der Waals surface area (Å²) in [5, 5.41) is 6.70. The minimum absolute atomic E-state index is 0.00461. The number of hydrogen-bond acceptors (Lipinski definition) is 5. The van der Waals surface area contributed by atoms with E-state index in [1.807, 2.05) is 31.2 Å². The molecule has 2 saturated heterocycles. The Hall–Kier alpha value is -3.52. The monoisotopic (exact) mass is 492 g/mol. The van der Waals surface area contributed by atoms with Gasteiger partial charge in [-0.3, -0.25) is 9.78 Å². The summed E-state index contributed by atoms with van der Waals surface area (Å²) in [6.45, 7) is 4.32. The van der Waals surface area contributed by atoms with Crippen LogP contribution in [0.5, 0.6) is 5.75 Å². The first-order valence-electron chi connectivity index (χ1n) is 12.3. The molecule has 1 unspecified atom stereocenters. The van der Waals surface area contributed by atoms with Crippen molar-refractivity contribution in [1.82, 2.24) is 15.6 Å². The van der Waals surface area contributed by atoms with Gasteiger partial charge in [0.15, 0.2) is 0 Å². The summed E-state index contributed by atoms with van der Waals surface area (Å²) in [7, 11) is 1.60. The van der Waals surface area contributed by atoms with Crippen molar-refractivity contribution < 1.29 is 18.3 Å². The zero-order valence-corrected chi connectivity index (χ0v) is 20.5. The molecule has 36 heavy (non-hydrogen) atoms. The van der Waals surface area contributed by atoms with Crippen molar-refractivity contribution >= 4 is 11.6 Å². The Balaban J connectivity index is 1.53. The number of benzene rings is 2. The highest BCUT2D eigenvalue weighted by molar-refractivity contribution is 6.03. The van der Waals surface area contributed by atoms with Gasteiger partial charge in [-0.25, -0.2) is 8.78 Å². The van der Waals surface area contributed by atoms with Crippen molar-refractivity contribution in [2.24, 2.45) is 0 Å². The Labute approximate surface area is 209 Å². The Morgan fingerprint density at radius 2 is 1.97 bits per heavy atom. The van der Waals surface area contributed by atoms with E-state index in [9.17, 15) is 13.6 Å². The van der Waals surface area contributed by atoms with Crippen LogP contribution in [0.4, 0.5) is 14.5 Å². The molecule has 1 amide bonds. The second-order valence-corrected chi connectivity index (χ2v) is 9.70. The van der Waals surface area contributed by atoms with Gasteiger partial charge in [0.2, 0.25) is 0 Å². The summed E-state index contributed by atoms with van der Waals surface area (Å²) in [6, 6.07) is 10.6. The molecule has 0 saturated carbocycles. The van der Waals surface area contributed by atoms with Crippen LogP contribution < -0.4 is 20.3 Å². The second kappa shape index (κ2) is 9.85.